The van der Waals surface area contributed by atoms with E-state index in [0.29, 0.717) is 19.5 Å². The van der Waals surface area contributed by atoms with E-state index in [2.05, 4.69) is 0 Å². The molecule has 78 valence electrons. The van der Waals surface area contributed by atoms with Gasteiger partial charge in [-0.05, 0) is 6.42 Å². The van der Waals surface area contributed by atoms with Crippen molar-refractivity contribution in [3.8, 4) is 0 Å². The average molecular weight is 201 g/mol. The Hall–Kier alpha value is -1.39. The molecule has 0 unspecified atom stereocenters. The topological polar surface area (TPSA) is 57.6 Å². The molecule has 0 radical (unpaired) electrons. The maximum Gasteiger partial charge on any atom is 0.328 e. The molecule has 0 spiro atoms. The molecule has 1 heterocycles. The molecule has 1 N–H and O–H groups in total. The first-order valence-electron chi connectivity index (χ1n) is 4.39. The number of halogens is 1. The van der Waals surface area contributed by atoms with Crippen LogP contribution >= 0.6 is 0 Å². The summed E-state index contributed by atoms with van der Waals surface area (Å²) in [5, 5.41) is 8.29. The quantitative estimate of drug-likeness (QED) is 0.674. The minimum absolute atomic E-state index is 0.0859. The van der Waals surface area contributed by atoms with Gasteiger partial charge >= 0.3 is 5.97 Å². The van der Waals surface area contributed by atoms with Crippen LogP contribution in [0.5, 0.6) is 0 Å². The second-order valence-electron chi connectivity index (χ2n) is 3.26. The number of rotatable bonds is 3. The first kappa shape index (κ1) is 10.7. The highest BCUT2D eigenvalue weighted by Gasteiger charge is 2.24. The third-order valence-corrected chi connectivity index (χ3v) is 2.18. The fourth-order valence-electron chi connectivity index (χ4n) is 1.41. The molecular formula is C9H12FNO3. The van der Waals surface area contributed by atoms with Gasteiger partial charge in [-0.3, -0.25) is 9.18 Å². The van der Waals surface area contributed by atoms with Gasteiger partial charge < -0.3 is 10.0 Å². The van der Waals surface area contributed by atoms with Crippen molar-refractivity contribution in [1.29, 1.82) is 0 Å². The molecule has 0 bridgehead atoms. The highest BCUT2D eigenvalue weighted by atomic mass is 19.1. The Labute approximate surface area is 81.0 Å². The van der Waals surface area contributed by atoms with Crippen LogP contribution in [0.25, 0.3) is 0 Å². The van der Waals surface area contributed by atoms with Gasteiger partial charge in [-0.15, -0.1) is 0 Å². The van der Waals surface area contributed by atoms with Crippen molar-refractivity contribution in [2.24, 2.45) is 5.92 Å². The zero-order valence-corrected chi connectivity index (χ0v) is 7.65. The van der Waals surface area contributed by atoms with Crippen LogP contribution in [0.4, 0.5) is 4.39 Å². The van der Waals surface area contributed by atoms with E-state index in [9.17, 15) is 14.0 Å². The zero-order valence-electron chi connectivity index (χ0n) is 7.65. The summed E-state index contributed by atoms with van der Waals surface area (Å²) in [6.45, 7) is 0.475. The number of carboxylic acid groups (broad SMARTS) is 1. The molecule has 5 heteroatoms. The molecule has 1 saturated heterocycles. The van der Waals surface area contributed by atoms with Crippen molar-refractivity contribution in [3.05, 3.63) is 12.2 Å². The van der Waals surface area contributed by atoms with Crippen molar-refractivity contribution < 1.29 is 19.1 Å². The van der Waals surface area contributed by atoms with Gasteiger partial charge in [-0.1, -0.05) is 0 Å². The predicted octanol–water partition coefficient (Wildman–Crippen LogP) is 0.445. The van der Waals surface area contributed by atoms with Crippen LogP contribution < -0.4 is 0 Å². The smallest absolute Gasteiger partial charge is 0.328 e. The maximum absolute atomic E-state index is 12.2. The number of amides is 1. The lowest BCUT2D eigenvalue weighted by Gasteiger charge is -2.12. The highest BCUT2D eigenvalue weighted by Crippen LogP contribution is 2.16. The summed E-state index contributed by atoms with van der Waals surface area (Å²) in [6.07, 6.45) is 2.46. The van der Waals surface area contributed by atoms with Crippen LogP contribution in [-0.2, 0) is 9.59 Å². The lowest BCUT2D eigenvalue weighted by molar-refractivity contribution is -0.132. The molecule has 1 rings (SSSR count). The van der Waals surface area contributed by atoms with E-state index in [-0.39, 0.29) is 11.8 Å². The van der Waals surface area contributed by atoms with Crippen LogP contribution in [0.2, 0.25) is 0 Å². The van der Waals surface area contributed by atoms with Crippen LogP contribution in [0.3, 0.4) is 0 Å². The summed E-state index contributed by atoms with van der Waals surface area (Å²) >= 11 is 0. The minimum Gasteiger partial charge on any atom is -0.478 e. The standard InChI is InChI=1S/C9H12FNO3/c10-5-7-3-4-11(6-7)8(12)1-2-9(13)14/h1-2,7H,3-6H2,(H,13,14)/b2-1+/t7-/m0/s1. The molecule has 1 aliphatic rings. The molecule has 0 aromatic carbocycles. The molecule has 1 amide bonds. The molecule has 1 fully saturated rings. The third-order valence-electron chi connectivity index (χ3n) is 2.18. The third kappa shape index (κ3) is 2.83. The Morgan fingerprint density at radius 3 is 2.71 bits per heavy atom. The molecule has 1 aliphatic heterocycles. The Morgan fingerprint density at radius 2 is 2.21 bits per heavy atom. The van der Waals surface area contributed by atoms with Gasteiger partial charge in [0.25, 0.3) is 0 Å². The SMILES string of the molecule is O=C(O)/C=C/C(=O)N1CC[C@@H](CF)C1. The van der Waals surface area contributed by atoms with Gasteiger partial charge in [0.15, 0.2) is 0 Å². The molecular weight excluding hydrogens is 189 g/mol. The fraction of sp³-hybridized carbons (Fsp3) is 0.556. The van der Waals surface area contributed by atoms with Crippen molar-refractivity contribution >= 4 is 11.9 Å². The Balaban J connectivity index is 2.43. The minimum atomic E-state index is -1.15. The summed E-state index contributed by atoms with van der Waals surface area (Å²) in [7, 11) is 0. The van der Waals surface area contributed by atoms with Crippen LogP contribution in [-0.4, -0.2) is 41.6 Å². The van der Waals surface area contributed by atoms with E-state index in [0.717, 1.165) is 12.2 Å². The monoisotopic (exact) mass is 201 g/mol. The fourth-order valence-corrected chi connectivity index (χ4v) is 1.41. The van der Waals surface area contributed by atoms with Gasteiger partial charge in [-0.2, -0.15) is 0 Å². The highest BCUT2D eigenvalue weighted by molar-refractivity contribution is 5.94. The summed E-state index contributed by atoms with van der Waals surface area (Å²) in [5.41, 5.74) is 0. The van der Waals surface area contributed by atoms with E-state index < -0.39 is 12.6 Å². The number of nitrogens with zero attached hydrogens (tertiary/aromatic N) is 1. The number of carbonyl (C=O) groups excluding carboxylic acids is 1. The zero-order chi connectivity index (χ0) is 10.6. The molecule has 0 aromatic rings. The van der Waals surface area contributed by atoms with Gasteiger partial charge in [0.1, 0.15) is 0 Å². The number of carbonyl (C=O) groups is 2. The molecule has 0 aliphatic carbocycles. The van der Waals surface area contributed by atoms with Gasteiger partial charge in [0.05, 0.1) is 6.67 Å². The van der Waals surface area contributed by atoms with Crippen molar-refractivity contribution in [2.75, 3.05) is 19.8 Å². The first-order chi connectivity index (χ1) is 6.63. The Kier molecular flexibility index (Phi) is 3.62. The number of aliphatic carboxylic acids is 1. The number of hydrogen-bond acceptors (Lipinski definition) is 2. The molecule has 0 saturated carbocycles. The number of carboxylic acids is 1. The molecule has 4 nitrogen and oxygen atoms in total. The van der Waals surface area contributed by atoms with Crippen molar-refractivity contribution in [2.45, 2.75) is 6.42 Å². The average Bonchev–Trinajstić information content (AvgIpc) is 2.62. The lowest BCUT2D eigenvalue weighted by atomic mass is 10.1. The number of alkyl halides is 1. The molecule has 1 atom stereocenters. The second kappa shape index (κ2) is 4.74. The van der Waals surface area contributed by atoms with E-state index in [1.54, 1.807) is 0 Å². The number of likely N-dealkylation sites (tertiary alicyclic amines) is 1. The number of hydrogen-bond donors (Lipinski definition) is 1. The van der Waals surface area contributed by atoms with Crippen LogP contribution in [0.1, 0.15) is 6.42 Å². The largest absolute Gasteiger partial charge is 0.478 e. The van der Waals surface area contributed by atoms with E-state index in [1.165, 1.54) is 4.90 Å². The maximum atomic E-state index is 12.2. The summed E-state index contributed by atoms with van der Waals surface area (Å²) in [5.74, 6) is -1.60. The molecule has 0 aromatic heterocycles. The van der Waals surface area contributed by atoms with E-state index >= 15 is 0 Å². The van der Waals surface area contributed by atoms with Crippen molar-refractivity contribution in [3.63, 3.8) is 0 Å². The lowest BCUT2D eigenvalue weighted by Crippen LogP contribution is -2.27. The normalized spacial score (nSPS) is 21.8. The van der Waals surface area contributed by atoms with E-state index in [1.807, 2.05) is 0 Å². The summed E-state index contributed by atoms with van der Waals surface area (Å²) in [4.78, 5) is 22.8. The molecule has 14 heavy (non-hydrogen) atoms. The van der Waals surface area contributed by atoms with Crippen LogP contribution in [0, 0.1) is 5.92 Å². The van der Waals surface area contributed by atoms with Gasteiger partial charge in [-0.25, -0.2) is 4.79 Å². The Bertz CT molecular complexity index is 265. The Morgan fingerprint density at radius 1 is 1.50 bits per heavy atom. The van der Waals surface area contributed by atoms with Crippen molar-refractivity contribution in [1.82, 2.24) is 4.90 Å². The predicted molar refractivity (Wildman–Crippen MR) is 47.4 cm³/mol. The van der Waals surface area contributed by atoms with Gasteiger partial charge in [0.2, 0.25) is 5.91 Å². The second-order valence-corrected chi connectivity index (χ2v) is 3.26. The summed E-state index contributed by atoms with van der Waals surface area (Å²) < 4.78 is 12.2. The van der Waals surface area contributed by atoms with Crippen LogP contribution in [0.15, 0.2) is 12.2 Å². The summed E-state index contributed by atoms with van der Waals surface area (Å²) in [6, 6.07) is 0. The van der Waals surface area contributed by atoms with E-state index in [4.69, 9.17) is 5.11 Å². The van der Waals surface area contributed by atoms with Gasteiger partial charge in [0, 0.05) is 31.2 Å². The first-order valence-corrected chi connectivity index (χ1v) is 4.39.